The molecule has 0 bridgehead atoms. The second-order valence-electron chi connectivity index (χ2n) is 6.78. The maximum absolute atomic E-state index is 13.1. The predicted molar refractivity (Wildman–Crippen MR) is 118 cm³/mol. The minimum atomic E-state index is -4.03. The van der Waals surface area contributed by atoms with Crippen molar-refractivity contribution in [2.75, 3.05) is 18.5 Å². The lowest BCUT2D eigenvalue weighted by molar-refractivity contribution is 0.0600. The van der Waals surface area contributed by atoms with Gasteiger partial charge in [0.05, 0.1) is 28.8 Å². The Hall–Kier alpha value is -3.85. The zero-order valence-electron chi connectivity index (χ0n) is 17.4. The molecule has 0 radical (unpaired) electrons. The number of sulfonamides is 1. The molecule has 0 aromatic heterocycles. The molecular weight excluding hydrogens is 434 g/mol. The van der Waals surface area contributed by atoms with E-state index in [0.29, 0.717) is 12.4 Å². The van der Waals surface area contributed by atoms with Crippen molar-refractivity contribution in [2.45, 2.75) is 11.5 Å². The third-order valence-electron chi connectivity index (χ3n) is 4.68. The number of anilines is 1. The third-order valence-corrected chi connectivity index (χ3v) is 6.48. The van der Waals surface area contributed by atoms with Crippen molar-refractivity contribution < 1.29 is 32.6 Å². The summed E-state index contributed by atoms with van der Waals surface area (Å²) >= 11 is 0. The number of carboxylic acid groups (broad SMARTS) is 1. The van der Waals surface area contributed by atoms with Gasteiger partial charge >= 0.3 is 11.9 Å². The molecule has 166 valence electrons. The molecule has 3 rings (SSSR count). The lowest BCUT2D eigenvalue weighted by Gasteiger charge is -2.21. The Morgan fingerprint density at radius 3 is 2.16 bits per heavy atom. The molecule has 0 aliphatic heterocycles. The van der Waals surface area contributed by atoms with Crippen molar-refractivity contribution in [3.05, 3.63) is 89.5 Å². The van der Waals surface area contributed by atoms with Crippen LogP contribution in [0.4, 0.5) is 5.69 Å². The van der Waals surface area contributed by atoms with E-state index in [2.05, 4.69) is 4.74 Å². The van der Waals surface area contributed by atoms with Crippen molar-refractivity contribution in [2.24, 2.45) is 0 Å². The summed E-state index contributed by atoms with van der Waals surface area (Å²) in [5, 5.41) is 9.32. The fourth-order valence-corrected chi connectivity index (χ4v) is 4.08. The van der Waals surface area contributed by atoms with Crippen molar-refractivity contribution in [1.29, 1.82) is 0 Å². The zero-order valence-corrected chi connectivity index (χ0v) is 18.2. The number of aromatic carboxylic acids is 1. The van der Waals surface area contributed by atoms with Gasteiger partial charge in [-0.15, -0.1) is 0 Å². The molecule has 3 aromatic rings. The number of ether oxygens (including phenoxy) is 2. The molecule has 32 heavy (non-hydrogen) atoms. The Kier molecular flexibility index (Phi) is 6.79. The molecule has 0 amide bonds. The van der Waals surface area contributed by atoms with Gasteiger partial charge in [0.25, 0.3) is 10.0 Å². The maximum atomic E-state index is 13.1. The van der Waals surface area contributed by atoms with Gasteiger partial charge in [-0.2, -0.15) is 0 Å². The van der Waals surface area contributed by atoms with Crippen LogP contribution in [0.25, 0.3) is 0 Å². The predicted octanol–water partition coefficient (Wildman–Crippen LogP) is 3.58. The zero-order chi connectivity index (χ0) is 23.3. The molecule has 0 spiro atoms. The highest BCUT2D eigenvalue weighted by Gasteiger charge is 2.24. The van der Waals surface area contributed by atoms with Gasteiger partial charge in [0.15, 0.2) is 0 Å². The van der Waals surface area contributed by atoms with Crippen LogP contribution in [0.2, 0.25) is 0 Å². The number of carboxylic acids is 1. The Bertz CT molecular complexity index is 1220. The highest BCUT2D eigenvalue weighted by Crippen LogP contribution is 2.26. The van der Waals surface area contributed by atoms with Gasteiger partial charge in [-0.05, 0) is 48.0 Å². The fourth-order valence-electron chi connectivity index (χ4n) is 2.90. The van der Waals surface area contributed by atoms with E-state index in [-0.39, 0.29) is 21.7 Å². The van der Waals surface area contributed by atoms with Crippen LogP contribution in [0.3, 0.4) is 0 Å². The Morgan fingerprint density at radius 2 is 1.56 bits per heavy atom. The van der Waals surface area contributed by atoms with E-state index in [1.54, 1.807) is 0 Å². The molecule has 0 saturated carbocycles. The van der Waals surface area contributed by atoms with E-state index in [4.69, 9.17) is 4.74 Å². The molecule has 0 aliphatic carbocycles. The summed E-state index contributed by atoms with van der Waals surface area (Å²) in [7, 11) is -1.61. The topological polar surface area (TPSA) is 110 Å². The van der Waals surface area contributed by atoms with E-state index in [1.165, 1.54) is 43.4 Å². The van der Waals surface area contributed by atoms with Crippen molar-refractivity contribution in [3.63, 3.8) is 0 Å². The van der Waals surface area contributed by atoms with Crippen LogP contribution in [0, 0.1) is 0 Å². The summed E-state index contributed by atoms with van der Waals surface area (Å²) in [5.74, 6) is -1.58. The molecule has 0 atom stereocenters. The van der Waals surface area contributed by atoms with Crippen molar-refractivity contribution in [3.8, 4) is 5.75 Å². The highest BCUT2D eigenvalue weighted by molar-refractivity contribution is 7.92. The quantitative estimate of drug-likeness (QED) is 0.517. The second-order valence-corrected chi connectivity index (χ2v) is 8.75. The molecule has 0 fully saturated rings. The SMILES string of the molecule is COC(=O)c1cc(C(=O)O)cc(N(C)S(=O)(=O)c2ccc(OCc3ccccc3)cc2)c1. The van der Waals surface area contributed by atoms with Crippen molar-refractivity contribution in [1.82, 2.24) is 0 Å². The Morgan fingerprint density at radius 1 is 0.938 bits per heavy atom. The molecule has 0 unspecified atom stereocenters. The minimum absolute atomic E-state index is 0.00899. The van der Waals surface area contributed by atoms with Gasteiger partial charge in [-0.1, -0.05) is 30.3 Å². The third kappa shape index (κ3) is 5.06. The van der Waals surface area contributed by atoms with Gasteiger partial charge < -0.3 is 14.6 Å². The summed E-state index contributed by atoms with van der Waals surface area (Å²) in [6.07, 6.45) is 0. The van der Waals surface area contributed by atoms with Crippen LogP contribution in [0.15, 0.2) is 77.7 Å². The number of nitrogens with zero attached hydrogens (tertiary/aromatic N) is 1. The lowest BCUT2D eigenvalue weighted by Crippen LogP contribution is -2.27. The van der Waals surface area contributed by atoms with E-state index in [9.17, 15) is 23.1 Å². The molecular formula is C23H21NO7S. The summed E-state index contributed by atoms with van der Waals surface area (Å²) < 4.78 is 37.4. The van der Waals surface area contributed by atoms with E-state index in [0.717, 1.165) is 23.0 Å². The standard InChI is InChI=1S/C23H21NO7S/c1-24(19-13-17(22(25)26)12-18(14-19)23(27)30-2)32(28,29)21-10-8-20(9-11-21)31-15-16-6-4-3-5-7-16/h3-14H,15H2,1-2H3,(H,25,26). The number of benzene rings is 3. The van der Waals surface area contributed by atoms with Gasteiger partial charge in [0.2, 0.25) is 0 Å². The molecule has 1 N–H and O–H groups in total. The molecule has 0 saturated heterocycles. The largest absolute Gasteiger partial charge is 0.489 e. The Labute approximate surface area is 185 Å². The number of methoxy groups -OCH3 is 1. The first-order valence-electron chi connectivity index (χ1n) is 9.45. The molecule has 0 heterocycles. The molecule has 8 nitrogen and oxygen atoms in total. The number of carbonyl (C=O) groups is 2. The number of hydrogen-bond donors (Lipinski definition) is 1. The van der Waals surface area contributed by atoms with E-state index in [1.807, 2.05) is 30.3 Å². The maximum Gasteiger partial charge on any atom is 0.337 e. The van der Waals surface area contributed by atoms with E-state index < -0.39 is 22.0 Å². The average Bonchev–Trinajstić information content (AvgIpc) is 2.82. The number of hydrogen-bond acceptors (Lipinski definition) is 6. The normalized spacial score (nSPS) is 10.9. The van der Waals surface area contributed by atoms with E-state index >= 15 is 0 Å². The second kappa shape index (κ2) is 9.52. The molecule has 0 aliphatic rings. The van der Waals surface area contributed by atoms with Crippen molar-refractivity contribution >= 4 is 27.6 Å². The first-order chi connectivity index (χ1) is 15.2. The minimum Gasteiger partial charge on any atom is -0.489 e. The summed E-state index contributed by atoms with van der Waals surface area (Å²) in [4.78, 5) is 23.3. The van der Waals surface area contributed by atoms with Gasteiger partial charge in [0, 0.05) is 7.05 Å². The van der Waals surface area contributed by atoms with Crippen LogP contribution >= 0.6 is 0 Å². The average molecular weight is 455 g/mol. The van der Waals surface area contributed by atoms with Gasteiger partial charge in [0.1, 0.15) is 12.4 Å². The van der Waals surface area contributed by atoms with Crippen LogP contribution in [-0.2, 0) is 21.4 Å². The number of esters is 1. The first kappa shape index (κ1) is 22.8. The summed E-state index contributed by atoms with van der Waals surface area (Å²) in [6, 6.07) is 19.0. The van der Waals surface area contributed by atoms with Gasteiger partial charge in [-0.3, -0.25) is 4.31 Å². The van der Waals surface area contributed by atoms with Crippen LogP contribution in [-0.4, -0.2) is 39.6 Å². The first-order valence-corrected chi connectivity index (χ1v) is 10.9. The van der Waals surface area contributed by atoms with Crippen LogP contribution < -0.4 is 9.04 Å². The molecule has 9 heteroatoms. The molecule has 3 aromatic carbocycles. The number of rotatable bonds is 8. The summed E-state index contributed by atoms with van der Waals surface area (Å²) in [5.41, 5.74) is 0.669. The smallest absolute Gasteiger partial charge is 0.337 e. The van der Waals surface area contributed by atoms with Crippen LogP contribution in [0.1, 0.15) is 26.3 Å². The fraction of sp³-hybridized carbons (Fsp3) is 0.130. The lowest BCUT2D eigenvalue weighted by atomic mass is 10.1. The Balaban J connectivity index is 1.85. The van der Waals surface area contributed by atoms with Gasteiger partial charge in [-0.25, -0.2) is 18.0 Å². The van der Waals surface area contributed by atoms with Crippen LogP contribution in [0.5, 0.6) is 5.75 Å². The highest BCUT2D eigenvalue weighted by atomic mass is 32.2. The monoisotopic (exact) mass is 455 g/mol. The number of carbonyl (C=O) groups excluding carboxylic acids is 1. The summed E-state index contributed by atoms with van der Waals surface area (Å²) in [6.45, 7) is 0.338.